The molecule has 4 heteroatoms. The first-order valence-electron chi connectivity index (χ1n) is 5.81. The highest BCUT2D eigenvalue weighted by atomic mass is 32.1. The SMILES string of the molecule is Cc1nc(C(C)N[C@@H](C)c2ccco2)c(C)s1. The second-order valence-corrected chi connectivity index (χ2v) is 5.71. The number of nitrogens with zero attached hydrogens (tertiary/aromatic N) is 1. The van der Waals surface area contributed by atoms with Gasteiger partial charge in [0, 0.05) is 10.9 Å². The van der Waals surface area contributed by atoms with Gasteiger partial charge >= 0.3 is 0 Å². The highest BCUT2D eigenvalue weighted by Gasteiger charge is 2.17. The van der Waals surface area contributed by atoms with Gasteiger partial charge in [-0.2, -0.15) is 0 Å². The maximum absolute atomic E-state index is 5.39. The highest BCUT2D eigenvalue weighted by Crippen LogP contribution is 2.25. The van der Waals surface area contributed by atoms with E-state index in [0.717, 1.165) is 16.5 Å². The fourth-order valence-corrected chi connectivity index (χ4v) is 2.93. The van der Waals surface area contributed by atoms with Crippen LogP contribution in [0.4, 0.5) is 0 Å². The fraction of sp³-hybridized carbons (Fsp3) is 0.462. The van der Waals surface area contributed by atoms with E-state index in [0.29, 0.717) is 0 Å². The summed E-state index contributed by atoms with van der Waals surface area (Å²) in [5, 5.41) is 4.63. The number of thiazole rings is 1. The molecule has 0 aliphatic heterocycles. The molecule has 0 aliphatic carbocycles. The molecule has 0 bridgehead atoms. The third kappa shape index (κ3) is 2.76. The molecule has 0 saturated carbocycles. The third-order valence-electron chi connectivity index (χ3n) is 2.82. The van der Waals surface area contributed by atoms with Gasteiger partial charge in [-0.05, 0) is 39.8 Å². The molecule has 2 heterocycles. The van der Waals surface area contributed by atoms with Crippen LogP contribution in [0.25, 0.3) is 0 Å². The van der Waals surface area contributed by atoms with Crippen LogP contribution in [0.5, 0.6) is 0 Å². The standard InChI is InChI=1S/C13H18N2OS/c1-8(12-6-5-7-16-12)14-9(2)13-10(3)17-11(4)15-13/h5-9,14H,1-4H3/t8-,9?/m0/s1. The zero-order valence-electron chi connectivity index (χ0n) is 10.7. The van der Waals surface area contributed by atoms with E-state index in [9.17, 15) is 0 Å². The van der Waals surface area contributed by atoms with Crippen LogP contribution in [-0.2, 0) is 0 Å². The van der Waals surface area contributed by atoms with Gasteiger partial charge in [0.05, 0.1) is 23.0 Å². The first kappa shape index (κ1) is 12.3. The molecule has 0 aromatic carbocycles. The van der Waals surface area contributed by atoms with Crippen molar-refractivity contribution < 1.29 is 4.42 Å². The predicted octanol–water partition coefficient (Wildman–Crippen LogP) is 3.76. The summed E-state index contributed by atoms with van der Waals surface area (Å²) in [6.45, 7) is 8.41. The number of nitrogens with one attached hydrogen (secondary N) is 1. The zero-order chi connectivity index (χ0) is 12.4. The van der Waals surface area contributed by atoms with E-state index in [4.69, 9.17) is 4.42 Å². The topological polar surface area (TPSA) is 38.1 Å². The fourth-order valence-electron chi connectivity index (χ4n) is 2.02. The van der Waals surface area contributed by atoms with E-state index >= 15 is 0 Å². The van der Waals surface area contributed by atoms with Crippen molar-refractivity contribution in [3.05, 3.63) is 39.7 Å². The summed E-state index contributed by atoms with van der Waals surface area (Å²) in [5.74, 6) is 0.960. The van der Waals surface area contributed by atoms with Gasteiger partial charge in [-0.1, -0.05) is 0 Å². The van der Waals surface area contributed by atoms with Crippen molar-refractivity contribution in [1.82, 2.24) is 10.3 Å². The molecule has 0 spiro atoms. The van der Waals surface area contributed by atoms with Crippen LogP contribution in [0, 0.1) is 13.8 Å². The highest BCUT2D eigenvalue weighted by molar-refractivity contribution is 7.11. The minimum Gasteiger partial charge on any atom is -0.468 e. The Labute approximate surface area is 106 Å². The zero-order valence-corrected chi connectivity index (χ0v) is 11.5. The van der Waals surface area contributed by atoms with Crippen LogP contribution in [0.1, 0.15) is 47.3 Å². The quantitative estimate of drug-likeness (QED) is 0.897. The summed E-state index contributed by atoms with van der Waals surface area (Å²) in [6.07, 6.45) is 1.70. The molecule has 1 unspecified atom stereocenters. The first-order chi connectivity index (χ1) is 8.08. The Morgan fingerprint density at radius 1 is 1.29 bits per heavy atom. The van der Waals surface area contributed by atoms with Gasteiger partial charge in [0.25, 0.3) is 0 Å². The maximum atomic E-state index is 5.39. The van der Waals surface area contributed by atoms with E-state index in [1.165, 1.54) is 4.88 Å². The van der Waals surface area contributed by atoms with Crippen LogP contribution in [-0.4, -0.2) is 4.98 Å². The van der Waals surface area contributed by atoms with Crippen LogP contribution in [0.3, 0.4) is 0 Å². The van der Waals surface area contributed by atoms with Gasteiger partial charge in [-0.3, -0.25) is 5.32 Å². The van der Waals surface area contributed by atoms with Crippen molar-refractivity contribution in [2.75, 3.05) is 0 Å². The molecular weight excluding hydrogens is 232 g/mol. The van der Waals surface area contributed by atoms with Gasteiger partial charge < -0.3 is 4.42 Å². The summed E-state index contributed by atoms with van der Waals surface area (Å²) < 4.78 is 5.39. The van der Waals surface area contributed by atoms with E-state index in [2.05, 4.69) is 31.1 Å². The van der Waals surface area contributed by atoms with Crippen LogP contribution in [0.2, 0.25) is 0 Å². The Morgan fingerprint density at radius 3 is 2.59 bits per heavy atom. The van der Waals surface area contributed by atoms with Crippen LogP contribution in [0.15, 0.2) is 22.8 Å². The number of aromatic nitrogens is 1. The van der Waals surface area contributed by atoms with E-state index in [1.54, 1.807) is 17.6 Å². The molecule has 92 valence electrons. The summed E-state index contributed by atoms with van der Waals surface area (Å²) in [4.78, 5) is 5.86. The number of aryl methyl sites for hydroxylation is 2. The van der Waals surface area contributed by atoms with Crippen molar-refractivity contribution >= 4 is 11.3 Å². The van der Waals surface area contributed by atoms with Gasteiger partial charge in [0.2, 0.25) is 0 Å². The summed E-state index contributed by atoms with van der Waals surface area (Å²) in [5.41, 5.74) is 1.14. The molecule has 17 heavy (non-hydrogen) atoms. The summed E-state index contributed by atoms with van der Waals surface area (Å²) in [7, 11) is 0. The Balaban J connectivity index is 2.06. The van der Waals surface area contributed by atoms with Crippen LogP contribution >= 0.6 is 11.3 Å². The van der Waals surface area contributed by atoms with Crippen molar-refractivity contribution in [2.45, 2.75) is 39.8 Å². The van der Waals surface area contributed by atoms with Crippen molar-refractivity contribution in [2.24, 2.45) is 0 Å². The average molecular weight is 250 g/mol. The van der Waals surface area contributed by atoms with Gasteiger partial charge in [0.1, 0.15) is 5.76 Å². The Morgan fingerprint density at radius 2 is 2.06 bits per heavy atom. The Kier molecular flexibility index (Phi) is 3.64. The Bertz CT molecular complexity index is 476. The molecule has 1 N–H and O–H groups in total. The number of hydrogen-bond acceptors (Lipinski definition) is 4. The lowest BCUT2D eigenvalue weighted by Gasteiger charge is -2.17. The van der Waals surface area contributed by atoms with Gasteiger partial charge in [0.15, 0.2) is 0 Å². The number of furan rings is 1. The second-order valence-electron chi connectivity index (χ2n) is 4.30. The molecule has 2 aromatic rings. The number of rotatable bonds is 4. The lowest BCUT2D eigenvalue weighted by Crippen LogP contribution is -2.22. The van der Waals surface area contributed by atoms with E-state index < -0.39 is 0 Å². The molecule has 2 atom stereocenters. The molecule has 0 amide bonds. The van der Waals surface area contributed by atoms with Crippen LogP contribution < -0.4 is 5.32 Å². The average Bonchev–Trinajstić information content (AvgIpc) is 2.87. The lowest BCUT2D eigenvalue weighted by atomic mass is 10.1. The minimum absolute atomic E-state index is 0.196. The third-order valence-corrected chi connectivity index (χ3v) is 3.72. The molecule has 2 rings (SSSR count). The normalized spacial score (nSPS) is 14.8. The van der Waals surface area contributed by atoms with E-state index in [-0.39, 0.29) is 12.1 Å². The second kappa shape index (κ2) is 5.02. The molecule has 0 aliphatic rings. The van der Waals surface area contributed by atoms with Gasteiger partial charge in [-0.25, -0.2) is 4.98 Å². The minimum atomic E-state index is 0.196. The molecule has 0 radical (unpaired) electrons. The predicted molar refractivity (Wildman–Crippen MR) is 70.3 cm³/mol. The maximum Gasteiger partial charge on any atom is 0.120 e. The molecule has 0 saturated heterocycles. The molecular formula is C13H18N2OS. The molecule has 0 fully saturated rings. The van der Waals surface area contributed by atoms with Crippen molar-refractivity contribution in [3.63, 3.8) is 0 Å². The lowest BCUT2D eigenvalue weighted by molar-refractivity contribution is 0.400. The molecule has 2 aromatic heterocycles. The first-order valence-corrected chi connectivity index (χ1v) is 6.63. The monoisotopic (exact) mass is 250 g/mol. The smallest absolute Gasteiger partial charge is 0.120 e. The summed E-state index contributed by atoms with van der Waals surface area (Å²) >= 11 is 1.75. The molecule has 3 nitrogen and oxygen atoms in total. The summed E-state index contributed by atoms with van der Waals surface area (Å²) in [6, 6.07) is 4.33. The van der Waals surface area contributed by atoms with Crippen molar-refractivity contribution in [1.29, 1.82) is 0 Å². The van der Waals surface area contributed by atoms with Crippen molar-refractivity contribution in [3.8, 4) is 0 Å². The van der Waals surface area contributed by atoms with Gasteiger partial charge in [-0.15, -0.1) is 11.3 Å². The van der Waals surface area contributed by atoms with E-state index in [1.807, 2.05) is 19.1 Å². The largest absolute Gasteiger partial charge is 0.468 e. The number of hydrogen-bond donors (Lipinski definition) is 1. The Hall–Kier alpha value is -1.13.